The topological polar surface area (TPSA) is 46.5 Å². The van der Waals surface area contributed by atoms with Gasteiger partial charge in [0.05, 0.1) is 0 Å². The van der Waals surface area contributed by atoms with Gasteiger partial charge in [-0.05, 0) is 35.7 Å². The molecule has 0 unspecified atom stereocenters. The maximum absolute atomic E-state index is 10.5. The molecular formula is C14H12O3. The lowest BCUT2D eigenvalue weighted by atomic mass is 10.0. The molecule has 0 heterocycles. The molecule has 2 aromatic rings. The summed E-state index contributed by atoms with van der Waals surface area (Å²) in [6.07, 6.45) is -1.30. The Hall–Kier alpha value is -2.29. The Bertz CT molecular complexity index is 532. The summed E-state index contributed by atoms with van der Waals surface area (Å²) < 4.78 is 4.65. The minimum absolute atomic E-state index is 0.335. The Morgan fingerprint density at radius 1 is 1.12 bits per heavy atom. The number of rotatable bonds is 2. The fourth-order valence-electron chi connectivity index (χ4n) is 1.69. The van der Waals surface area contributed by atoms with Crippen molar-refractivity contribution in [3.8, 4) is 16.9 Å². The molecular weight excluding hydrogens is 216 g/mol. The van der Waals surface area contributed by atoms with Crippen molar-refractivity contribution in [2.24, 2.45) is 0 Å². The van der Waals surface area contributed by atoms with Crippen molar-refractivity contribution < 1.29 is 14.6 Å². The van der Waals surface area contributed by atoms with Gasteiger partial charge in [-0.1, -0.05) is 36.4 Å². The van der Waals surface area contributed by atoms with E-state index in [-0.39, 0.29) is 0 Å². The number of ether oxygens (including phenoxy) is 1. The normalized spacial score (nSPS) is 9.94. The lowest BCUT2D eigenvalue weighted by Gasteiger charge is -2.08. The van der Waals surface area contributed by atoms with E-state index in [0.29, 0.717) is 5.75 Å². The van der Waals surface area contributed by atoms with Crippen LogP contribution in [0.15, 0.2) is 48.5 Å². The fourth-order valence-corrected chi connectivity index (χ4v) is 1.69. The lowest BCUT2D eigenvalue weighted by molar-refractivity contribution is 0.144. The van der Waals surface area contributed by atoms with Gasteiger partial charge in [0.1, 0.15) is 5.75 Å². The summed E-state index contributed by atoms with van der Waals surface area (Å²) in [7, 11) is 0. The minimum Gasteiger partial charge on any atom is -0.449 e. The molecule has 0 fully saturated rings. The van der Waals surface area contributed by atoms with E-state index < -0.39 is 6.16 Å². The number of hydrogen-bond acceptors (Lipinski definition) is 2. The van der Waals surface area contributed by atoms with Crippen molar-refractivity contribution >= 4 is 6.16 Å². The Kier molecular flexibility index (Phi) is 3.10. The molecule has 86 valence electrons. The van der Waals surface area contributed by atoms with Crippen LogP contribution in [0.5, 0.6) is 5.75 Å². The van der Waals surface area contributed by atoms with Gasteiger partial charge in [0.25, 0.3) is 0 Å². The Morgan fingerprint density at radius 2 is 1.82 bits per heavy atom. The van der Waals surface area contributed by atoms with Gasteiger partial charge >= 0.3 is 6.16 Å². The number of aryl methyl sites for hydroxylation is 1. The average molecular weight is 228 g/mol. The Morgan fingerprint density at radius 3 is 2.47 bits per heavy atom. The highest BCUT2D eigenvalue weighted by molar-refractivity contribution is 5.70. The molecule has 17 heavy (non-hydrogen) atoms. The van der Waals surface area contributed by atoms with Crippen molar-refractivity contribution in [3.05, 3.63) is 54.1 Å². The summed E-state index contributed by atoms with van der Waals surface area (Å²) in [5.74, 6) is 0.335. The van der Waals surface area contributed by atoms with Crippen LogP contribution in [-0.4, -0.2) is 11.3 Å². The molecule has 0 bridgehead atoms. The molecule has 0 atom stereocenters. The van der Waals surface area contributed by atoms with E-state index >= 15 is 0 Å². The largest absolute Gasteiger partial charge is 0.511 e. The highest BCUT2D eigenvalue weighted by Gasteiger charge is 2.06. The van der Waals surface area contributed by atoms with E-state index in [1.807, 2.05) is 43.3 Å². The van der Waals surface area contributed by atoms with E-state index in [0.717, 1.165) is 16.7 Å². The van der Waals surface area contributed by atoms with Crippen molar-refractivity contribution in [1.82, 2.24) is 0 Å². The van der Waals surface area contributed by atoms with E-state index in [1.165, 1.54) is 0 Å². The number of hydrogen-bond donors (Lipinski definition) is 1. The molecule has 0 radical (unpaired) electrons. The fraction of sp³-hybridized carbons (Fsp3) is 0.0714. The standard InChI is InChI=1S/C14H12O3/c1-10-7-8-12(17-14(15)16)9-13(10)11-5-3-2-4-6-11/h2-9H,1H3,(H,15,16). The van der Waals surface area contributed by atoms with E-state index in [4.69, 9.17) is 5.11 Å². The third-order valence-electron chi connectivity index (χ3n) is 2.50. The molecule has 2 rings (SSSR count). The van der Waals surface area contributed by atoms with Crippen LogP contribution in [0, 0.1) is 6.92 Å². The van der Waals surface area contributed by atoms with Crippen LogP contribution in [0.3, 0.4) is 0 Å². The van der Waals surface area contributed by atoms with Crippen molar-refractivity contribution in [3.63, 3.8) is 0 Å². The van der Waals surface area contributed by atoms with Gasteiger partial charge in [-0.3, -0.25) is 0 Å². The minimum atomic E-state index is -1.30. The maximum Gasteiger partial charge on any atom is 0.511 e. The van der Waals surface area contributed by atoms with Gasteiger partial charge in [0.2, 0.25) is 0 Å². The van der Waals surface area contributed by atoms with Crippen LogP contribution in [-0.2, 0) is 0 Å². The van der Waals surface area contributed by atoms with Gasteiger partial charge in [-0.15, -0.1) is 0 Å². The monoisotopic (exact) mass is 228 g/mol. The molecule has 0 spiro atoms. The zero-order valence-corrected chi connectivity index (χ0v) is 9.38. The molecule has 0 amide bonds. The molecule has 0 saturated carbocycles. The summed E-state index contributed by atoms with van der Waals surface area (Å²) in [6.45, 7) is 1.98. The second-order valence-corrected chi connectivity index (χ2v) is 3.71. The van der Waals surface area contributed by atoms with Crippen LogP contribution in [0.1, 0.15) is 5.56 Å². The van der Waals surface area contributed by atoms with Crippen LogP contribution in [0.25, 0.3) is 11.1 Å². The smallest absolute Gasteiger partial charge is 0.449 e. The second kappa shape index (κ2) is 4.70. The highest BCUT2D eigenvalue weighted by atomic mass is 16.7. The molecule has 0 aliphatic carbocycles. The predicted octanol–water partition coefficient (Wildman–Crippen LogP) is 3.72. The lowest BCUT2D eigenvalue weighted by Crippen LogP contribution is -2.03. The summed E-state index contributed by atoms with van der Waals surface area (Å²) in [5.41, 5.74) is 3.10. The molecule has 0 saturated heterocycles. The number of benzene rings is 2. The quantitative estimate of drug-likeness (QED) is 0.629. The van der Waals surface area contributed by atoms with Gasteiger partial charge in [0.15, 0.2) is 0 Å². The van der Waals surface area contributed by atoms with Gasteiger partial charge in [-0.25, -0.2) is 4.79 Å². The Labute approximate surface area is 99.3 Å². The van der Waals surface area contributed by atoms with Crippen molar-refractivity contribution in [2.75, 3.05) is 0 Å². The second-order valence-electron chi connectivity index (χ2n) is 3.71. The van der Waals surface area contributed by atoms with Gasteiger partial charge in [0, 0.05) is 0 Å². The summed E-state index contributed by atoms with van der Waals surface area (Å²) in [5, 5.41) is 8.58. The van der Waals surface area contributed by atoms with Gasteiger partial charge in [-0.2, -0.15) is 0 Å². The summed E-state index contributed by atoms with van der Waals surface area (Å²) in [6, 6.07) is 15.0. The molecule has 0 aromatic heterocycles. The molecule has 2 aromatic carbocycles. The number of carbonyl (C=O) groups is 1. The molecule has 1 N–H and O–H groups in total. The zero-order valence-electron chi connectivity index (χ0n) is 9.38. The summed E-state index contributed by atoms with van der Waals surface area (Å²) in [4.78, 5) is 10.5. The predicted molar refractivity (Wildman–Crippen MR) is 65.3 cm³/mol. The molecule has 3 nitrogen and oxygen atoms in total. The first kappa shape index (κ1) is 11.2. The average Bonchev–Trinajstić information content (AvgIpc) is 2.32. The first-order valence-electron chi connectivity index (χ1n) is 5.23. The van der Waals surface area contributed by atoms with E-state index in [9.17, 15) is 4.79 Å². The van der Waals surface area contributed by atoms with Gasteiger partial charge < -0.3 is 9.84 Å². The first-order chi connectivity index (χ1) is 8.16. The number of carboxylic acid groups (broad SMARTS) is 1. The van der Waals surface area contributed by atoms with E-state index in [2.05, 4.69) is 4.74 Å². The van der Waals surface area contributed by atoms with Crippen LogP contribution >= 0.6 is 0 Å². The molecule has 0 aliphatic rings. The maximum atomic E-state index is 10.5. The third-order valence-corrected chi connectivity index (χ3v) is 2.50. The molecule has 3 heteroatoms. The van der Waals surface area contributed by atoms with Crippen LogP contribution in [0.2, 0.25) is 0 Å². The van der Waals surface area contributed by atoms with E-state index in [1.54, 1.807) is 12.1 Å². The van der Waals surface area contributed by atoms with Crippen molar-refractivity contribution in [2.45, 2.75) is 6.92 Å². The molecule has 0 aliphatic heterocycles. The SMILES string of the molecule is Cc1ccc(OC(=O)O)cc1-c1ccccc1. The highest BCUT2D eigenvalue weighted by Crippen LogP contribution is 2.27. The van der Waals surface area contributed by atoms with Crippen LogP contribution in [0.4, 0.5) is 4.79 Å². The van der Waals surface area contributed by atoms with Crippen LogP contribution < -0.4 is 4.74 Å². The Balaban J connectivity index is 2.43. The zero-order chi connectivity index (χ0) is 12.3. The van der Waals surface area contributed by atoms with Crippen molar-refractivity contribution in [1.29, 1.82) is 0 Å². The first-order valence-corrected chi connectivity index (χ1v) is 5.23. The summed E-state index contributed by atoms with van der Waals surface area (Å²) >= 11 is 0. The third kappa shape index (κ3) is 2.64.